The Balaban J connectivity index is 2.35. The van der Waals surface area contributed by atoms with E-state index in [-0.39, 0.29) is 17.7 Å². The van der Waals surface area contributed by atoms with Gasteiger partial charge in [0.25, 0.3) is 0 Å². The topological polar surface area (TPSA) is 62.3 Å². The van der Waals surface area contributed by atoms with Crippen molar-refractivity contribution < 1.29 is 9.59 Å². The number of nitrogens with one attached hydrogen (secondary N) is 1. The zero-order chi connectivity index (χ0) is 15.6. The van der Waals surface area contributed by atoms with Gasteiger partial charge in [0, 0.05) is 11.6 Å². The standard InChI is InChI=1S/C15H23N3O2S/c1-5-10(3)12-13(19)17-15(4,6-2)14(20)18(12)9-11-16-7-8-21-11/h7-8,10,12H,5-6,9H2,1-4H3,(H,17,19). The molecule has 2 amide bonds. The first-order chi connectivity index (χ1) is 9.92. The number of carbonyl (C=O) groups is 2. The first-order valence-corrected chi connectivity index (χ1v) is 8.32. The van der Waals surface area contributed by atoms with Crippen LogP contribution in [0, 0.1) is 5.92 Å². The molecule has 0 saturated carbocycles. The molecule has 1 fully saturated rings. The largest absolute Gasteiger partial charge is 0.340 e. The molecule has 1 saturated heterocycles. The molecule has 21 heavy (non-hydrogen) atoms. The highest BCUT2D eigenvalue weighted by atomic mass is 32.1. The fourth-order valence-corrected chi connectivity index (χ4v) is 3.27. The number of nitrogens with zero attached hydrogens (tertiary/aromatic N) is 2. The van der Waals surface area contributed by atoms with Gasteiger partial charge in [-0.2, -0.15) is 0 Å². The molecule has 1 aliphatic heterocycles. The lowest BCUT2D eigenvalue weighted by molar-refractivity contribution is -0.157. The Hall–Kier alpha value is -1.43. The zero-order valence-corrected chi connectivity index (χ0v) is 13.9. The lowest BCUT2D eigenvalue weighted by atomic mass is 9.87. The predicted octanol–water partition coefficient (Wildman–Crippen LogP) is 2.18. The molecule has 2 rings (SSSR count). The zero-order valence-electron chi connectivity index (χ0n) is 13.0. The van der Waals surface area contributed by atoms with Crippen LogP contribution in [0.3, 0.4) is 0 Å². The average molecular weight is 309 g/mol. The van der Waals surface area contributed by atoms with Crippen molar-refractivity contribution in [2.45, 2.75) is 58.7 Å². The molecule has 1 aromatic rings. The summed E-state index contributed by atoms with van der Waals surface area (Å²) in [6, 6.07) is -0.411. The fraction of sp³-hybridized carbons (Fsp3) is 0.667. The Morgan fingerprint density at radius 1 is 1.48 bits per heavy atom. The molecule has 0 aliphatic carbocycles. The monoisotopic (exact) mass is 309 g/mol. The summed E-state index contributed by atoms with van der Waals surface area (Å²) in [6.45, 7) is 8.19. The van der Waals surface area contributed by atoms with E-state index in [2.05, 4.69) is 10.3 Å². The molecular weight excluding hydrogens is 286 g/mol. The van der Waals surface area contributed by atoms with E-state index in [0.717, 1.165) is 11.4 Å². The summed E-state index contributed by atoms with van der Waals surface area (Å²) in [5.74, 6) is 0.0604. The van der Waals surface area contributed by atoms with Crippen LogP contribution in [0.2, 0.25) is 0 Å². The Bertz CT molecular complexity index is 517. The maximum absolute atomic E-state index is 12.9. The third-order valence-corrected chi connectivity index (χ3v) is 5.18. The summed E-state index contributed by atoms with van der Waals surface area (Å²) in [6.07, 6.45) is 3.16. The molecule has 1 N–H and O–H groups in total. The van der Waals surface area contributed by atoms with Gasteiger partial charge in [-0.05, 0) is 19.3 Å². The lowest BCUT2D eigenvalue weighted by Gasteiger charge is -2.45. The normalized spacial score (nSPS) is 27.6. The van der Waals surface area contributed by atoms with E-state index in [0.29, 0.717) is 13.0 Å². The molecule has 1 aliphatic rings. The van der Waals surface area contributed by atoms with Gasteiger partial charge < -0.3 is 10.2 Å². The number of piperazine rings is 1. The van der Waals surface area contributed by atoms with Crippen LogP contribution in [-0.4, -0.2) is 33.3 Å². The highest BCUT2D eigenvalue weighted by Crippen LogP contribution is 2.28. The number of amides is 2. The maximum Gasteiger partial charge on any atom is 0.249 e. The average Bonchev–Trinajstić information content (AvgIpc) is 2.97. The van der Waals surface area contributed by atoms with Crippen LogP contribution >= 0.6 is 11.3 Å². The fourth-order valence-electron chi connectivity index (χ4n) is 2.66. The molecule has 116 valence electrons. The minimum absolute atomic E-state index is 0.00917. The van der Waals surface area contributed by atoms with Crippen molar-refractivity contribution >= 4 is 23.2 Å². The minimum atomic E-state index is -0.807. The molecule has 0 radical (unpaired) electrons. The number of hydrogen-bond acceptors (Lipinski definition) is 4. The first kappa shape index (κ1) is 15.9. The van der Waals surface area contributed by atoms with Crippen molar-refractivity contribution in [1.82, 2.24) is 15.2 Å². The number of carbonyl (C=O) groups excluding carboxylic acids is 2. The van der Waals surface area contributed by atoms with Crippen molar-refractivity contribution in [3.05, 3.63) is 16.6 Å². The van der Waals surface area contributed by atoms with Crippen molar-refractivity contribution in [2.24, 2.45) is 5.92 Å². The van der Waals surface area contributed by atoms with Crippen LogP contribution in [0.25, 0.3) is 0 Å². The predicted molar refractivity (Wildman–Crippen MR) is 82.7 cm³/mol. The quantitative estimate of drug-likeness (QED) is 0.907. The van der Waals surface area contributed by atoms with Gasteiger partial charge in [-0.25, -0.2) is 4.98 Å². The van der Waals surface area contributed by atoms with Gasteiger partial charge in [-0.15, -0.1) is 11.3 Å². The number of hydrogen-bond donors (Lipinski definition) is 1. The summed E-state index contributed by atoms with van der Waals surface area (Å²) in [5.41, 5.74) is -0.807. The Labute approximate surface area is 129 Å². The summed E-state index contributed by atoms with van der Waals surface area (Å²) >= 11 is 1.51. The first-order valence-electron chi connectivity index (χ1n) is 7.44. The molecule has 3 atom stereocenters. The van der Waals surface area contributed by atoms with E-state index in [1.165, 1.54) is 11.3 Å². The van der Waals surface area contributed by atoms with E-state index in [1.807, 2.05) is 26.2 Å². The third kappa shape index (κ3) is 2.95. The summed E-state index contributed by atoms with van der Waals surface area (Å²) in [5, 5.41) is 5.68. The summed E-state index contributed by atoms with van der Waals surface area (Å²) in [7, 11) is 0. The Morgan fingerprint density at radius 2 is 2.19 bits per heavy atom. The van der Waals surface area contributed by atoms with Crippen molar-refractivity contribution in [1.29, 1.82) is 0 Å². The molecule has 0 spiro atoms. The molecule has 2 heterocycles. The smallest absolute Gasteiger partial charge is 0.249 e. The summed E-state index contributed by atoms with van der Waals surface area (Å²) < 4.78 is 0. The van der Waals surface area contributed by atoms with Gasteiger partial charge in [-0.3, -0.25) is 9.59 Å². The van der Waals surface area contributed by atoms with E-state index in [9.17, 15) is 9.59 Å². The van der Waals surface area contributed by atoms with Crippen LogP contribution in [0.5, 0.6) is 0 Å². The number of thiazole rings is 1. The molecule has 1 aromatic heterocycles. The Morgan fingerprint density at radius 3 is 2.71 bits per heavy atom. The molecule has 0 aromatic carbocycles. The second-order valence-corrected chi connectivity index (χ2v) is 6.84. The van der Waals surface area contributed by atoms with Crippen molar-refractivity contribution in [3.8, 4) is 0 Å². The highest BCUT2D eigenvalue weighted by molar-refractivity contribution is 7.09. The van der Waals surface area contributed by atoms with Gasteiger partial charge in [-0.1, -0.05) is 27.2 Å². The van der Waals surface area contributed by atoms with E-state index in [4.69, 9.17) is 0 Å². The van der Waals surface area contributed by atoms with E-state index < -0.39 is 11.6 Å². The molecule has 6 heteroatoms. The second kappa shape index (κ2) is 6.13. The Kier molecular flexibility index (Phi) is 4.66. The second-order valence-electron chi connectivity index (χ2n) is 5.86. The van der Waals surface area contributed by atoms with Crippen LogP contribution in [0.15, 0.2) is 11.6 Å². The molecule has 3 unspecified atom stereocenters. The van der Waals surface area contributed by atoms with Gasteiger partial charge in [0.1, 0.15) is 16.6 Å². The molecule has 0 bridgehead atoms. The van der Waals surface area contributed by atoms with Crippen molar-refractivity contribution in [3.63, 3.8) is 0 Å². The molecular formula is C15H23N3O2S. The van der Waals surface area contributed by atoms with Gasteiger partial charge in [0.15, 0.2) is 0 Å². The molecule has 5 nitrogen and oxygen atoms in total. The highest BCUT2D eigenvalue weighted by Gasteiger charge is 2.48. The minimum Gasteiger partial charge on any atom is -0.340 e. The van der Waals surface area contributed by atoms with Crippen LogP contribution in [0.4, 0.5) is 0 Å². The number of rotatable bonds is 5. The van der Waals surface area contributed by atoms with Gasteiger partial charge >= 0.3 is 0 Å². The third-order valence-electron chi connectivity index (χ3n) is 4.42. The van der Waals surface area contributed by atoms with E-state index in [1.54, 1.807) is 18.0 Å². The van der Waals surface area contributed by atoms with Crippen LogP contribution in [-0.2, 0) is 16.1 Å². The van der Waals surface area contributed by atoms with Crippen LogP contribution in [0.1, 0.15) is 45.5 Å². The van der Waals surface area contributed by atoms with Gasteiger partial charge in [0.05, 0.1) is 6.54 Å². The van der Waals surface area contributed by atoms with Gasteiger partial charge in [0.2, 0.25) is 11.8 Å². The summed E-state index contributed by atoms with van der Waals surface area (Å²) in [4.78, 5) is 31.4. The lowest BCUT2D eigenvalue weighted by Crippen LogP contribution is -2.69. The number of aromatic nitrogens is 1. The van der Waals surface area contributed by atoms with Crippen LogP contribution < -0.4 is 5.32 Å². The van der Waals surface area contributed by atoms with E-state index >= 15 is 0 Å². The maximum atomic E-state index is 12.9. The SMILES string of the molecule is CCC(C)C1C(=O)NC(C)(CC)C(=O)N1Cc1nccs1. The van der Waals surface area contributed by atoms with Crippen molar-refractivity contribution in [2.75, 3.05) is 0 Å².